The SMILES string of the molecule is CC(C)(C)c1ccc(COC(=O)c2c3ccccc3cc3ccccc23)cc1. The second-order valence-corrected chi connectivity index (χ2v) is 8.22. The summed E-state index contributed by atoms with van der Waals surface area (Å²) in [5.41, 5.74) is 3.00. The minimum Gasteiger partial charge on any atom is -0.457 e. The molecule has 0 N–H and O–H groups in total. The summed E-state index contributed by atoms with van der Waals surface area (Å²) < 4.78 is 5.72. The lowest BCUT2D eigenvalue weighted by Crippen LogP contribution is -2.11. The fourth-order valence-electron chi connectivity index (χ4n) is 3.56. The van der Waals surface area contributed by atoms with E-state index in [1.54, 1.807) is 0 Å². The van der Waals surface area contributed by atoms with Crippen LogP contribution in [0.15, 0.2) is 78.9 Å². The zero-order valence-corrected chi connectivity index (χ0v) is 16.5. The smallest absolute Gasteiger partial charge is 0.339 e. The minimum atomic E-state index is -0.284. The lowest BCUT2D eigenvalue weighted by Gasteiger charge is -2.19. The van der Waals surface area contributed by atoms with Crippen molar-refractivity contribution in [1.82, 2.24) is 0 Å². The molecule has 0 saturated carbocycles. The van der Waals surface area contributed by atoms with Gasteiger partial charge in [0.15, 0.2) is 0 Å². The minimum absolute atomic E-state index is 0.108. The maximum atomic E-state index is 13.0. The molecule has 0 spiro atoms. The highest BCUT2D eigenvalue weighted by Crippen LogP contribution is 2.29. The Bertz CT molecular complexity index is 1090. The molecule has 0 atom stereocenters. The van der Waals surface area contributed by atoms with E-state index in [1.807, 2.05) is 60.7 Å². The van der Waals surface area contributed by atoms with Crippen LogP contribution in [0.1, 0.15) is 42.3 Å². The fraction of sp³-hybridized carbons (Fsp3) is 0.192. The first-order valence-electron chi connectivity index (χ1n) is 9.60. The van der Waals surface area contributed by atoms with Crippen molar-refractivity contribution in [1.29, 1.82) is 0 Å². The van der Waals surface area contributed by atoms with Crippen LogP contribution in [0.3, 0.4) is 0 Å². The monoisotopic (exact) mass is 368 g/mol. The van der Waals surface area contributed by atoms with Crippen molar-refractivity contribution < 1.29 is 9.53 Å². The molecular formula is C26H24O2. The highest BCUT2D eigenvalue weighted by atomic mass is 16.5. The standard InChI is InChI=1S/C26H24O2/c1-26(2,3)21-14-12-18(13-15-21)17-28-25(27)24-22-10-6-4-8-19(22)16-20-9-5-7-11-23(20)24/h4-16H,17H2,1-3H3. The van der Waals surface area contributed by atoms with Crippen molar-refractivity contribution in [3.05, 3.63) is 95.6 Å². The van der Waals surface area contributed by atoms with E-state index in [2.05, 4.69) is 39.0 Å². The van der Waals surface area contributed by atoms with Gasteiger partial charge in [0.25, 0.3) is 0 Å². The third-order valence-corrected chi connectivity index (χ3v) is 5.17. The van der Waals surface area contributed by atoms with Gasteiger partial charge in [-0.3, -0.25) is 0 Å². The van der Waals surface area contributed by atoms with Crippen LogP contribution in [0.2, 0.25) is 0 Å². The number of hydrogen-bond acceptors (Lipinski definition) is 2. The Morgan fingerprint density at radius 1 is 0.786 bits per heavy atom. The van der Waals surface area contributed by atoms with Gasteiger partial charge in [-0.15, -0.1) is 0 Å². The van der Waals surface area contributed by atoms with Crippen LogP contribution in [0.5, 0.6) is 0 Å². The first-order chi connectivity index (χ1) is 13.4. The molecule has 140 valence electrons. The topological polar surface area (TPSA) is 26.3 Å². The van der Waals surface area contributed by atoms with Gasteiger partial charge in [-0.05, 0) is 44.2 Å². The average Bonchev–Trinajstić information content (AvgIpc) is 2.70. The molecule has 0 bridgehead atoms. The molecule has 0 heterocycles. The Hall–Kier alpha value is -3.13. The number of carbonyl (C=O) groups is 1. The third-order valence-electron chi connectivity index (χ3n) is 5.17. The summed E-state index contributed by atoms with van der Waals surface area (Å²) in [6.07, 6.45) is 0. The molecule has 4 aromatic carbocycles. The Morgan fingerprint density at radius 2 is 1.32 bits per heavy atom. The second kappa shape index (κ2) is 7.12. The Kier molecular flexibility index (Phi) is 4.64. The summed E-state index contributed by atoms with van der Waals surface area (Å²) in [5, 5.41) is 3.94. The average molecular weight is 368 g/mol. The van der Waals surface area contributed by atoms with Gasteiger partial charge in [0.05, 0.1) is 5.56 Å². The van der Waals surface area contributed by atoms with Crippen LogP contribution in [-0.2, 0) is 16.8 Å². The Labute approximate surface area is 165 Å². The van der Waals surface area contributed by atoms with Crippen molar-refractivity contribution in [3.8, 4) is 0 Å². The summed E-state index contributed by atoms with van der Waals surface area (Å²) >= 11 is 0. The Morgan fingerprint density at radius 3 is 1.86 bits per heavy atom. The molecule has 2 nitrogen and oxygen atoms in total. The van der Waals surface area contributed by atoms with Crippen LogP contribution < -0.4 is 0 Å². The van der Waals surface area contributed by atoms with Gasteiger partial charge in [0.2, 0.25) is 0 Å². The van der Waals surface area contributed by atoms with Crippen LogP contribution in [0, 0.1) is 0 Å². The highest BCUT2D eigenvalue weighted by molar-refractivity contribution is 6.16. The van der Waals surface area contributed by atoms with Crippen molar-refractivity contribution >= 4 is 27.5 Å². The predicted molar refractivity (Wildman–Crippen MR) is 116 cm³/mol. The zero-order valence-electron chi connectivity index (χ0n) is 16.5. The fourth-order valence-corrected chi connectivity index (χ4v) is 3.56. The molecule has 0 aromatic heterocycles. The van der Waals surface area contributed by atoms with Crippen molar-refractivity contribution in [3.63, 3.8) is 0 Å². The molecular weight excluding hydrogens is 344 g/mol. The van der Waals surface area contributed by atoms with Crippen molar-refractivity contribution in [2.75, 3.05) is 0 Å². The maximum Gasteiger partial charge on any atom is 0.339 e. The molecule has 0 aliphatic heterocycles. The molecule has 0 fully saturated rings. The number of fused-ring (bicyclic) bond motifs is 2. The predicted octanol–water partition coefficient (Wildman–Crippen LogP) is 6.65. The van der Waals surface area contributed by atoms with Gasteiger partial charge >= 0.3 is 5.97 Å². The van der Waals surface area contributed by atoms with E-state index in [0.29, 0.717) is 5.56 Å². The number of rotatable bonds is 3. The zero-order chi connectivity index (χ0) is 19.7. The first kappa shape index (κ1) is 18.2. The summed E-state index contributed by atoms with van der Waals surface area (Å²) in [6.45, 7) is 6.83. The molecule has 2 heteroatoms. The first-order valence-corrected chi connectivity index (χ1v) is 9.60. The largest absolute Gasteiger partial charge is 0.457 e. The number of benzene rings is 4. The van der Waals surface area contributed by atoms with Gasteiger partial charge in [-0.2, -0.15) is 0 Å². The molecule has 4 aromatic rings. The van der Waals surface area contributed by atoms with E-state index in [1.165, 1.54) is 5.56 Å². The van der Waals surface area contributed by atoms with E-state index < -0.39 is 0 Å². The van der Waals surface area contributed by atoms with Crippen LogP contribution in [0.25, 0.3) is 21.5 Å². The lowest BCUT2D eigenvalue weighted by molar-refractivity contribution is 0.0477. The molecule has 0 aliphatic rings. The third kappa shape index (κ3) is 3.50. The van der Waals surface area contributed by atoms with Crippen LogP contribution >= 0.6 is 0 Å². The van der Waals surface area contributed by atoms with Gasteiger partial charge < -0.3 is 4.74 Å². The van der Waals surface area contributed by atoms with E-state index in [4.69, 9.17) is 4.74 Å². The lowest BCUT2D eigenvalue weighted by atomic mass is 9.87. The van der Waals surface area contributed by atoms with Crippen molar-refractivity contribution in [2.24, 2.45) is 0 Å². The molecule has 0 unspecified atom stereocenters. The second-order valence-electron chi connectivity index (χ2n) is 8.22. The van der Waals surface area contributed by atoms with Gasteiger partial charge in [0.1, 0.15) is 6.61 Å². The molecule has 28 heavy (non-hydrogen) atoms. The number of hydrogen-bond donors (Lipinski definition) is 0. The normalized spacial score (nSPS) is 11.7. The quantitative estimate of drug-likeness (QED) is 0.299. The van der Waals surface area contributed by atoms with E-state index in [-0.39, 0.29) is 18.0 Å². The van der Waals surface area contributed by atoms with E-state index in [0.717, 1.165) is 27.1 Å². The molecule has 4 rings (SSSR count). The van der Waals surface area contributed by atoms with E-state index >= 15 is 0 Å². The summed E-state index contributed by atoms with van der Waals surface area (Å²) in [7, 11) is 0. The van der Waals surface area contributed by atoms with Crippen molar-refractivity contribution in [2.45, 2.75) is 32.8 Å². The van der Waals surface area contributed by atoms with Gasteiger partial charge in [-0.25, -0.2) is 4.79 Å². The summed E-state index contributed by atoms with van der Waals surface area (Å²) in [5.74, 6) is -0.284. The van der Waals surface area contributed by atoms with Crippen LogP contribution in [0.4, 0.5) is 0 Å². The molecule has 0 saturated heterocycles. The highest BCUT2D eigenvalue weighted by Gasteiger charge is 2.17. The van der Waals surface area contributed by atoms with E-state index in [9.17, 15) is 4.79 Å². The van der Waals surface area contributed by atoms with Crippen LogP contribution in [-0.4, -0.2) is 5.97 Å². The summed E-state index contributed by atoms with van der Waals surface area (Å²) in [4.78, 5) is 13.0. The van der Waals surface area contributed by atoms with Gasteiger partial charge in [0, 0.05) is 0 Å². The Balaban J connectivity index is 1.65. The molecule has 0 radical (unpaired) electrons. The van der Waals surface area contributed by atoms with Gasteiger partial charge in [-0.1, -0.05) is 93.6 Å². The number of ether oxygens (including phenoxy) is 1. The molecule has 0 aliphatic carbocycles. The summed E-state index contributed by atoms with van der Waals surface area (Å²) in [6, 6.07) is 26.3. The molecule has 0 amide bonds. The number of carbonyl (C=O) groups excluding carboxylic acids is 1. The number of esters is 1. The maximum absolute atomic E-state index is 13.0.